The Morgan fingerprint density at radius 3 is 1.56 bits per heavy atom. The fourth-order valence-corrected chi connectivity index (χ4v) is 4.75. The maximum Gasteiger partial charge on any atom is 0.236 e. The van der Waals surface area contributed by atoms with Gasteiger partial charge in [-0.05, 0) is 30.5 Å². The molecule has 0 aromatic heterocycles. The van der Waals surface area contributed by atoms with Crippen LogP contribution in [-0.2, 0) is 30.6 Å². The maximum atomic E-state index is 11.5. The average molecular weight is 702 g/mol. The summed E-state index contributed by atoms with van der Waals surface area (Å²) in [6, 6.07) is 18.0. The van der Waals surface area contributed by atoms with E-state index in [1.807, 2.05) is 36.4 Å². The van der Waals surface area contributed by atoms with Gasteiger partial charge in [-0.3, -0.25) is 0 Å². The number of nitrogens with two attached hydrogens (primary N) is 1. The minimum absolute atomic E-state index is 0. The Morgan fingerprint density at radius 1 is 0.781 bits per heavy atom. The lowest BCUT2D eigenvalue weighted by Gasteiger charge is -2.05. The van der Waals surface area contributed by atoms with E-state index in [0.717, 1.165) is 35.6 Å². The molecule has 6 nitrogen and oxygen atoms in total. The molecule has 12 heteroatoms. The molecule has 0 aliphatic carbocycles. The predicted molar refractivity (Wildman–Crippen MR) is 148 cm³/mol. The number of alkyl halides is 2. The van der Waals surface area contributed by atoms with Crippen molar-refractivity contribution in [2.24, 2.45) is 5.73 Å². The van der Waals surface area contributed by atoms with Gasteiger partial charge in [-0.2, -0.15) is 0 Å². The van der Waals surface area contributed by atoms with Crippen molar-refractivity contribution in [2.75, 3.05) is 23.7 Å². The second-order valence-corrected chi connectivity index (χ2v) is 12.4. The molecule has 0 aliphatic heterocycles. The number of sulfonamides is 1. The summed E-state index contributed by atoms with van der Waals surface area (Å²) in [4.78, 5) is 0. The highest BCUT2D eigenvalue weighted by Crippen LogP contribution is 2.08. The van der Waals surface area contributed by atoms with Crippen LogP contribution >= 0.6 is 59.5 Å². The minimum Gasteiger partial charge on any atom is -0.330 e. The number of hydrogen-bond donors (Lipinski definition) is 2. The van der Waals surface area contributed by atoms with Crippen LogP contribution in [0.4, 0.5) is 0 Å². The molecule has 0 spiro atoms. The number of hydrogen-bond acceptors (Lipinski definition) is 5. The summed E-state index contributed by atoms with van der Waals surface area (Å²) in [5.74, 6) is -0.0501. The van der Waals surface area contributed by atoms with Gasteiger partial charge in [-0.25, -0.2) is 21.6 Å². The molecule has 3 N–H and O–H groups in total. The normalized spacial score (nSPS) is 10.6. The van der Waals surface area contributed by atoms with Gasteiger partial charge < -0.3 is 5.73 Å². The summed E-state index contributed by atoms with van der Waals surface area (Å²) in [7, 11) is -1.54. The van der Waals surface area contributed by atoms with Crippen LogP contribution in [0.5, 0.6) is 0 Å². The first kappa shape index (κ1) is 34.2. The fraction of sp³-hybridized carbons (Fsp3) is 0.400. The largest absolute Gasteiger partial charge is 0.330 e. The van der Waals surface area contributed by atoms with Crippen LogP contribution in [0.3, 0.4) is 0 Å². The number of benzene rings is 2. The second-order valence-electron chi connectivity index (χ2n) is 6.18. The third-order valence-electron chi connectivity index (χ3n) is 3.35. The molecule has 0 amide bonds. The van der Waals surface area contributed by atoms with Crippen molar-refractivity contribution in [1.29, 1.82) is 0 Å². The Labute approximate surface area is 224 Å². The van der Waals surface area contributed by atoms with Gasteiger partial charge in [0, 0.05) is 27.9 Å². The van der Waals surface area contributed by atoms with Crippen LogP contribution in [0.1, 0.15) is 24.0 Å². The van der Waals surface area contributed by atoms with Crippen LogP contribution in [0.2, 0.25) is 0 Å². The molecule has 184 valence electrons. The van der Waals surface area contributed by atoms with Gasteiger partial charge >= 0.3 is 0 Å². The zero-order valence-corrected chi connectivity index (χ0v) is 24.8. The molecule has 0 saturated carbocycles. The molecule has 0 aliphatic rings. The lowest BCUT2D eigenvalue weighted by molar-refractivity contribution is 0.580. The van der Waals surface area contributed by atoms with Crippen LogP contribution in [0.15, 0.2) is 60.7 Å². The Morgan fingerprint density at radius 2 is 1.22 bits per heavy atom. The summed E-state index contributed by atoms with van der Waals surface area (Å²) in [6.07, 6.45) is 1.88. The highest BCUT2D eigenvalue weighted by molar-refractivity contribution is 9.09. The highest BCUT2D eigenvalue weighted by atomic mass is 79.9. The minimum atomic E-state index is -3.40. The quantitative estimate of drug-likeness (QED) is 0.207. The van der Waals surface area contributed by atoms with Gasteiger partial charge in [0.1, 0.15) is 0 Å². The zero-order valence-electron chi connectivity index (χ0n) is 17.5. The molecule has 0 heterocycles. The van der Waals surface area contributed by atoms with E-state index < -0.39 is 19.1 Å². The van der Waals surface area contributed by atoms with E-state index in [1.165, 1.54) is 0 Å². The Bertz CT molecular complexity index is 903. The number of halogens is 4. The van der Waals surface area contributed by atoms with Crippen molar-refractivity contribution in [2.45, 2.75) is 24.3 Å². The average Bonchev–Trinajstić information content (AvgIpc) is 2.70. The van der Waals surface area contributed by atoms with Crippen LogP contribution < -0.4 is 10.5 Å². The van der Waals surface area contributed by atoms with Gasteiger partial charge in [0.05, 0.1) is 11.5 Å². The Hall–Kier alpha value is -0.0100. The lowest BCUT2D eigenvalue weighted by Crippen LogP contribution is -2.26. The van der Waals surface area contributed by atoms with Crippen LogP contribution in [0, 0.1) is 0 Å². The Balaban J connectivity index is 0. The Kier molecular flexibility index (Phi) is 21.7. The van der Waals surface area contributed by atoms with Crippen molar-refractivity contribution < 1.29 is 16.8 Å². The number of rotatable bonds is 10. The van der Waals surface area contributed by atoms with E-state index >= 15 is 0 Å². The number of nitrogens with one attached hydrogen (secondary N) is 1. The standard InChI is InChI=1S/C10H14BrNO2S.C7H7ClO2S.C3H8BrN.BrH/c11-7-4-8-12-15(13,14)9-10-5-2-1-3-6-10;8-11(9,10)6-7-4-2-1-3-5-7;4-2-1-3-5;/h1-3,5-6,12H,4,7-9H2;1-5H,6H2;1-3,5H2;1H. The molecular formula is C20H30Br3ClN2O4S2. The van der Waals surface area contributed by atoms with E-state index in [1.54, 1.807) is 24.3 Å². The van der Waals surface area contributed by atoms with E-state index in [2.05, 4.69) is 36.6 Å². The van der Waals surface area contributed by atoms with Gasteiger partial charge in [0.2, 0.25) is 19.1 Å². The zero-order chi connectivity index (χ0) is 23.6. The molecule has 0 unspecified atom stereocenters. The van der Waals surface area contributed by atoms with E-state index in [0.29, 0.717) is 12.1 Å². The molecule has 0 radical (unpaired) electrons. The molecule has 2 aromatic carbocycles. The topological polar surface area (TPSA) is 106 Å². The molecule has 32 heavy (non-hydrogen) atoms. The molecule has 0 fully saturated rings. The molecule has 0 saturated heterocycles. The molecule has 0 bridgehead atoms. The third-order valence-corrected chi connectivity index (χ3v) is 6.84. The second kappa shape index (κ2) is 20.4. The van der Waals surface area contributed by atoms with Crippen molar-refractivity contribution >= 4 is 78.6 Å². The molecule has 2 aromatic rings. The third kappa shape index (κ3) is 21.8. The van der Waals surface area contributed by atoms with Crippen molar-refractivity contribution in [1.82, 2.24) is 4.72 Å². The maximum absolute atomic E-state index is 11.5. The summed E-state index contributed by atoms with van der Waals surface area (Å²) in [5, 5.41) is 1.84. The smallest absolute Gasteiger partial charge is 0.236 e. The molecule has 0 atom stereocenters. The first-order chi connectivity index (χ1) is 14.6. The summed E-state index contributed by atoms with van der Waals surface area (Å²) >= 11 is 6.48. The van der Waals surface area contributed by atoms with Gasteiger partial charge in [-0.15, -0.1) is 17.0 Å². The molecular weight excluding hydrogens is 672 g/mol. The van der Waals surface area contributed by atoms with Gasteiger partial charge in [-0.1, -0.05) is 92.5 Å². The van der Waals surface area contributed by atoms with Crippen LogP contribution in [0.25, 0.3) is 0 Å². The summed E-state index contributed by atoms with van der Waals surface area (Å²) < 4.78 is 46.8. The first-order valence-corrected chi connectivity index (χ1v) is 15.8. The van der Waals surface area contributed by atoms with Crippen molar-refractivity contribution in [3.8, 4) is 0 Å². The molecule has 2 rings (SSSR count). The highest BCUT2D eigenvalue weighted by Gasteiger charge is 2.09. The predicted octanol–water partition coefficient (Wildman–Crippen LogP) is 4.95. The monoisotopic (exact) mass is 698 g/mol. The van der Waals surface area contributed by atoms with Crippen LogP contribution in [-0.4, -0.2) is 40.6 Å². The van der Waals surface area contributed by atoms with Crippen molar-refractivity contribution in [3.05, 3.63) is 71.8 Å². The lowest BCUT2D eigenvalue weighted by atomic mass is 10.2. The fourth-order valence-electron chi connectivity index (χ4n) is 1.99. The SMILES string of the molecule is Br.NCCCBr.O=S(=O)(Cc1ccccc1)NCCCBr.O=S(=O)(Cl)Cc1ccccc1. The summed E-state index contributed by atoms with van der Waals surface area (Å²) in [5.41, 5.74) is 6.63. The van der Waals surface area contributed by atoms with E-state index in [4.69, 9.17) is 16.4 Å². The first-order valence-electron chi connectivity index (χ1n) is 9.43. The summed E-state index contributed by atoms with van der Waals surface area (Å²) in [6.45, 7) is 1.28. The van der Waals surface area contributed by atoms with E-state index in [9.17, 15) is 16.8 Å². The van der Waals surface area contributed by atoms with Gasteiger partial charge in [0.25, 0.3) is 0 Å². The van der Waals surface area contributed by atoms with Crippen molar-refractivity contribution in [3.63, 3.8) is 0 Å². The van der Waals surface area contributed by atoms with E-state index in [-0.39, 0.29) is 28.5 Å². The van der Waals surface area contributed by atoms with Gasteiger partial charge in [0.15, 0.2) is 0 Å².